The number of nitrogens with zero attached hydrogens (tertiary/aromatic N) is 1. The Morgan fingerprint density at radius 3 is 2.79 bits per heavy atom. The van der Waals surface area contributed by atoms with Crippen LogP contribution in [0.25, 0.3) is 16.7 Å². The monoisotopic (exact) mass is 356 g/mol. The Morgan fingerprint density at radius 2 is 2.00 bits per heavy atom. The molecule has 19 heavy (non-hydrogen) atoms. The highest BCUT2D eigenvalue weighted by molar-refractivity contribution is 9.10. The van der Waals surface area contributed by atoms with Crippen molar-refractivity contribution in [3.05, 3.63) is 56.5 Å². The quantitative estimate of drug-likeness (QED) is 0.590. The van der Waals surface area contributed by atoms with Gasteiger partial charge in [-0.15, -0.1) is 0 Å². The number of nitrogens with one attached hydrogen (secondary N) is 1. The number of hydrogen-bond donors (Lipinski definition) is 1. The van der Waals surface area contributed by atoms with Crippen LogP contribution in [0.4, 0.5) is 4.39 Å². The van der Waals surface area contributed by atoms with E-state index in [1.165, 1.54) is 12.1 Å². The average Bonchev–Trinajstić information content (AvgIpc) is 2.68. The molecule has 0 atom stereocenters. The first-order valence-electron chi connectivity index (χ1n) is 5.42. The maximum atomic E-state index is 14.0. The molecule has 2 aromatic carbocycles. The topological polar surface area (TPSA) is 20.7 Å². The summed E-state index contributed by atoms with van der Waals surface area (Å²) in [5.74, 6) is -0.374. The van der Waals surface area contributed by atoms with Crippen LogP contribution >= 0.6 is 39.7 Å². The highest BCUT2D eigenvalue weighted by atomic mass is 79.9. The maximum absolute atomic E-state index is 14.0. The van der Waals surface area contributed by atoms with Gasteiger partial charge < -0.3 is 4.98 Å². The smallest absolute Gasteiger partial charge is 0.182 e. The molecule has 0 bridgehead atoms. The Bertz CT molecular complexity index is 840. The third kappa shape index (κ3) is 2.22. The first kappa shape index (κ1) is 12.8. The molecule has 0 unspecified atom stereocenters. The fourth-order valence-corrected chi connectivity index (χ4v) is 2.79. The zero-order chi connectivity index (χ0) is 13.6. The predicted octanol–water partition coefficient (Wildman–Crippen LogP) is 5.24. The number of H-pyrrole nitrogens is 1. The molecule has 0 saturated heterocycles. The molecule has 0 spiro atoms. The van der Waals surface area contributed by atoms with Crippen LogP contribution in [0, 0.1) is 10.6 Å². The number of halogens is 3. The fraction of sp³-hybridized carbons (Fsp3) is 0. The van der Waals surface area contributed by atoms with Gasteiger partial charge in [0.2, 0.25) is 0 Å². The van der Waals surface area contributed by atoms with E-state index < -0.39 is 0 Å². The van der Waals surface area contributed by atoms with Crippen LogP contribution in [0.3, 0.4) is 0 Å². The van der Waals surface area contributed by atoms with Crippen molar-refractivity contribution in [1.29, 1.82) is 0 Å². The molecule has 6 heteroatoms. The van der Waals surface area contributed by atoms with Gasteiger partial charge in [-0.05, 0) is 48.6 Å². The van der Waals surface area contributed by atoms with Crippen molar-refractivity contribution in [3.63, 3.8) is 0 Å². The second-order valence-corrected chi connectivity index (χ2v) is 5.76. The lowest BCUT2D eigenvalue weighted by Crippen LogP contribution is -1.97. The number of fused-ring (bicyclic) bond motifs is 1. The van der Waals surface area contributed by atoms with Crippen LogP contribution in [-0.2, 0) is 0 Å². The van der Waals surface area contributed by atoms with Crippen LogP contribution < -0.4 is 0 Å². The van der Waals surface area contributed by atoms with Gasteiger partial charge >= 0.3 is 0 Å². The summed E-state index contributed by atoms with van der Waals surface area (Å²) in [7, 11) is 0. The summed E-state index contributed by atoms with van der Waals surface area (Å²) in [6.45, 7) is 0. The Balaban J connectivity index is 2.42. The summed E-state index contributed by atoms with van der Waals surface area (Å²) in [6, 6.07) is 10.0. The number of benzene rings is 2. The van der Waals surface area contributed by atoms with E-state index in [9.17, 15) is 4.39 Å². The molecule has 2 nitrogen and oxygen atoms in total. The van der Waals surface area contributed by atoms with Gasteiger partial charge in [0, 0.05) is 9.50 Å². The van der Waals surface area contributed by atoms with Crippen LogP contribution in [0.1, 0.15) is 0 Å². The summed E-state index contributed by atoms with van der Waals surface area (Å²) in [5.41, 5.74) is 1.97. The van der Waals surface area contributed by atoms with Gasteiger partial charge in [0.1, 0.15) is 5.82 Å². The summed E-state index contributed by atoms with van der Waals surface area (Å²) in [5, 5.41) is 0.461. The Labute approximate surface area is 127 Å². The van der Waals surface area contributed by atoms with E-state index in [1.54, 1.807) is 10.6 Å². The first-order valence-corrected chi connectivity index (χ1v) is 7.00. The number of hydrogen-bond acceptors (Lipinski definition) is 1. The highest BCUT2D eigenvalue weighted by Crippen LogP contribution is 2.26. The van der Waals surface area contributed by atoms with Gasteiger partial charge in [0.05, 0.1) is 16.7 Å². The zero-order valence-corrected chi connectivity index (χ0v) is 12.6. The molecule has 0 aliphatic carbocycles. The summed E-state index contributed by atoms with van der Waals surface area (Å²) < 4.78 is 16.9. The van der Waals surface area contributed by atoms with Gasteiger partial charge in [-0.25, -0.2) is 4.39 Å². The van der Waals surface area contributed by atoms with E-state index in [2.05, 4.69) is 20.9 Å². The van der Waals surface area contributed by atoms with Gasteiger partial charge in [-0.2, -0.15) is 0 Å². The third-order valence-electron chi connectivity index (χ3n) is 2.79. The van der Waals surface area contributed by atoms with Gasteiger partial charge in [-0.1, -0.05) is 27.5 Å². The van der Waals surface area contributed by atoms with Crippen LogP contribution in [0.2, 0.25) is 5.02 Å². The van der Waals surface area contributed by atoms with E-state index in [4.69, 9.17) is 23.8 Å². The van der Waals surface area contributed by atoms with Crippen molar-refractivity contribution in [2.75, 3.05) is 0 Å². The molecule has 96 valence electrons. The predicted molar refractivity (Wildman–Crippen MR) is 81.1 cm³/mol. The van der Waals surface area contributed by atoms with Crippen molar-refractivity contribution in [1.82, 2.24) is 9.55 Å². The van der Waals surface area contributed by atoms with Crippen molar-refractivity contribution in [2.24, 2.45) is 0 Å². The van der Waals surface area contributed by atoms with E-state index >= 15 is 0 Å². The van der Waals surface area contributed by atoms with E-state index in [-0.39, 0.29) is 5.82 Å². The minimum absolute atomic E-state index is 0.335. The molecular formula is C13H7BrClFN2S. The molecule has 0 saturated carbocycles. The highest BCUT2D eigenvalue weighted by Gasteiger charge is 2.11. The normalized spacial score (nSPS) is 11.1. The lowest BCUT2D eigenvalue weighted by Gasteiger charge is -2.06. The van der Waals surface area contributed by atoms with Crippen LogP contribution in [-0.4, -0.2) is 9.55 Å². The lowest BCUT2D eigenvalue weighted by molar-refractivity contribution is 0.619. The van der Waals surface area contributed by atoms with Crippen molar-refractivity contribution in [3.8, 4) is 5.69 Å². The largest absolute Gasteiger partial charge is 0.330 e. The molecule has 1 N–H and O–H groups in total. The van der Waals surface area contributed by atoms with Crippen molar-refractivity contribution < 1.29 is 4.39 Å². The summed E-state index contributed by atoms with van der Waals surface area (Å²) >= 11 is 14.6. The number of rotatable bonds is 1. The minimum Gasteiger partial charge on any atom is -0.330 e. The van der Waals surface area contributed by atoms with Crippen molar-refractivity contribution in [2.45, 2.75) is 0 Å². The molecule has 3 aromatic rings. The lowest BCUT2D eigenvalue weighted by atomic mass is 10.2. The molecule has 1 heterocycles. The molecule has 1 aromatic heterocycles. The van der Waals surface area contributed by atoms with Gasteiger partial charge in [0.25, 0.3) is 0 Å². The maximum Gasteiger partial charge on any atom is 0.182 e. The fourth-order valence-electron chi connectivity index (χ4n) is 1.97. The molecule has 3 rings (SSSR count). The van der Waals surface area contributed by atoms with E-state index in [0.717, 1.165) is 15.5 Å². The Hall–Kier alpha value is -1.17. The Morgan fingerprint density at radius 1 is 1.21 bits per heavy atom. The molecular weight excluding hydrogens is 351 g/mol. The third-order valence-corrected chi connectivity index (χ3v) is 3.81. The number of aromatic nitrogens is 2. The summed E-state index contributed by atoms with van der Waals surface area (Å²) in [6.07, 6.45) is 0. The van der Waals surface area contributed by atoms with E-state index in [0.29, 0.717) is 15.5 Å². The Kier molecular flexibility index (Phi) is 3.20. The minimum atomic E-state index is -0.374. The average molecular weight is 358 g/mol. The standard InChI is InChI=1S/C13H7BrClFN2S/c14-7-1-4-10-12(5-7)18(13(19)17-10)11-6-8(15)2-3-9(11)16/h1-6H,(H,17,19). The van der Waals surface area contributed by atoms with Crippen LogP contribution in [0.15, 0.2) is 40.9 Å². The second kappa shape index (κ2) is 4.74. The van der Waals surface area contributed by atoms with Gasteiger partial charge in [-0.3, -0.25) is 4.57 Å². The number of aromatic amines is 1. The zero-order valence-electron chi connectivity index (χ0n) is 9.45. The molecule has 0 amide bonds. The van der Waals surface area contributed by atoms with Crippen molar-refractivity contribution >= 4 is 50.8 Å². The summed E-state index contributed by atoms with van der Waals surface area (Å²) in [4.78, 5) is 3.05. The SMILES string of the molecule is Fc1ccc(Cl)cc1-n1c(=S)[nH]c2ccc(Br)cc21. The molecule has 0 aliphatic heterocycles. The first-order chi connectivity index (χ1) is 9.06. The van der Waals surface area contributed by atoms with Gasteiger partial charge in [0.15, 0.2) is 4.77 Å². The molecule has 0 fully saturated rings. The van der Waals surface area contributed by atoms with Crippen LogP contribution in [0.5, 0.6) is 0 Å². The van der Waals surface area contributed by atoms with E-state index in [1.807, 2.05) is 18.2 Å². The molecule has 0 aliphatic rings. The number of imidazole rings is 1. The molecule has 0 radical (unpaired) electrons. The second-order valence-electron chi connectivity index (χ2n) is 4.02.